The average Bonchev–Trinajstić information content (AvgIpc) is 2.34. The van der Waals surface area contributed by atoms with E-state index in [0.29, 0.717) is 23.5 Å². The predicted octanol–water partition coefficient (Wildman–Crippen LogP) is 2.86. The van der Waals surface area contributed by atoms with Crippen LogP contribution in [-0.2, 0) is 9.53 Å². The molecule has 3 nitrogen and oxygen atoms in total. The van der Waals surface area contributed by atoms with Gasteiger partial charge in [0.05, 0.1) is 6.61 Å². The van der Waals surface area contributed by atoms with Crippen molar-refractivity contribution in [2.45, 2.75) is 20.8 Å². The lowest BCUT2D eigenvalue weighted by atomic mass is 9.99. The molecule has 0 bridgehead atoms. The van der Waals surface area contributed by atoms with Gasteiger partial charge in [-0.05, 0) is 19.4 Å². The largest absolute Gasteiger partial charge is 0.490 e. The Bertz CT molecular complexity index is 458. The number of ether oxygens (including phenoxy) is 1. The molecule has 0 fully saturated rings. The topological polar surface area (TPSA) is 43.4 Å². The highest BCUT2D eigenvalue weighted by atomic mass is 16.5. The van der Waals surface area contributed by atoms with Crippen molar-refractivity contribution in [3.05, 3.63) is 41.2 Å². The molecule has 0 radical (unpaired) electrons. The van der Waals surface area contributed by atoms with E-state index in [1.807, 2.05) is 13.0 Å². The Morgan fingerprint density at radius 3 is 2.47 bits per heavy atom. The van der Waals surface area contributed by atoms with E-state index >= 15 is 0 Å². The number of Topliss-reactive ketones (excluding diaryl/α,β-unsaturated/α-hetero) is 1. The fraction of sp³-hybridized carbons (Fsp3) is 0.286. The van der Waals surface area contributed by atoms with Gasteiger partial charge in [0.25, 0.3) is 0 Å². The highest BCUT2D eigenvalue weighted by molar-refractivity contribution is 6.00. The zero-order valence-electron chi connectivity index (χ0n) is 10.3. The fourth-order valence-corrected chi connectivity index (χ4v) is 1.68. The highest BCUT2D eigenvalue weighted by Crippen LogP contribution is 2.22. The molecule has 0 saturated carbocycles. The molecule has 17 heavy (non-hydrogen) atoms. The van der Waals surface area contributed by atoms with Crippen LogP contribution in [0.3, 0.4) is 0 Å². The predicted molar refractivity (Wildman–Crippen MR) is 66.7 cm³/mol. The number of hydrogen-bond acceptors (Lipinski definition) is 3. The molecule has 0 saturated heterocycles. The van der Waals surface area contributed by atoms with Gasteiger partial charge in [0, 0.05) is 18.1 Å². The lowest BCUT2D eigenvalue weighted by Gasteiger charge is -2.11. The Balaban J connectivity index is 3.33. The molecule has 0 aliphatic rings. The third-order valence-corrected chi connectivity index (χ3v) is 2.44. The third kappa shape index (κ3) is 3.03. The summed E-state index contributed by atoms with van der Waals surface area (Å²) < 4.78 is 5.33. The Morgan fingerprint density at radius 2 is 1.94 bits per heavy atom. The third-order valence-electron chi connectivity index (χ3n) is 2.44. The molecule has 90 valence electrons. The molecular weight excluding hydrogens is 216 g/mol. The fourth-order valence-electron chi connectivity index (χ4n) is 1.68. The summed E-state index contributed by atoms with van der Waals surface area (Å²) in [4.78, 5) is 22.4. The van der Waals surface area contributed by atoms with Crippen LogP contribution >= 0.6 is 0 Å². The smallest absolute Gasteiger partial charge is 0.194 e. The minimum atomic E-state index is -0.134. The van der Waals surface area contributed by atoms with E-state index in [0.717, 1.165) is 11.8 Å². The van der Waals surface area contributed by atoms with E-state index in [-0.39, 0.29) is 5.78 Å². The molecule has 0 heterocycles. The van der Waals surface area contributed by atoms with Crippen molar-refractivity contribution in [1.82, 2.24) is 0 Å². The second-order valence-electron chi connectivity index (χ2n) is 3.65. The van der Waals surface area contributed by atoms with Crippen molar-refractivity contribution < 1.29 is 14.3 Å². The summed E-state index contributed by atoms with van der Waals surface area (Å²) in [5.74, 6) is 0.187. The number of allylic oxidation sites excluding steroid dienone is 2. The molecule has 0 aromatic heterocycles. The first kappa shape index (κ1) is 13.2. The number of carbonyl (C=O) groups is 2. The first-order chi connectivity index (χ1) is 8.11. The molecule has 3 heteroatoms. The van der Waals surface area contributed by atoms with Crippen LogP contribution < -0.4 is 0 Å². The molecule has 0 unspecified atom stereocenters. The number of hydrogen-bond donors (Lipinski definition) is 0. The molecule has 0 amide bonds. The van der Waals surface area contributed by atoms with Crippen LogP contribution in [0.4, 0.5) is 0 Å². The van der Waals surface area contributed by atoms with E-state index < -0.39 is 0 Å². The van der Waals surface area contributed by atoms with Crippen LogP contribution in [-0.4, -0.2) is 18.7 Å². The minimum Gasteiger partial charge on any atom is -0.490 e. The van der Waals surface area contributed by atoms with Gasteiger partial charge in [-0.3, -0.25) is 9.59 Å². The van der Waals surface area contributed by atoms with Crippen molar-refractivity contribution >= 4 is 17.6 Å². The molecule has 1 aromatic rings. The van der Waals surface area contributed by atoms with Crippen molar-refractivity contribution in [2.24, 2.45) is 0 Å². The summed E-state index contributed by atoms with van der Waals surface area (Å²) in [6.07, 6.45) is 0.780. The Hall–Kier alpha value is -1.90. The zero-order chi connectivity index (χ0) is 12.8. The van der Waals surface area contributed by atoms with Crippen LogP contribution in [0.5, 0.6) is 0 Å². The summed E-state index contributed by atoms with van der Waals surface area (Å²) in [6, 6.07) is 7.14. The normalized spacial score (nSPS) is 11.7. The molecule has 0 spiro atoms. The van der Waals surface area contributed by atoms with Gasteiger partial charge in [0.2, 0.25) is 0 Å². The van der Waals surface area contributed by atoms with E-state index in [4.69, 9.17) is 4.74 Å². The second kappa shape index (κ2) is 5.99. The van der Waals surface area contributed by atoms with Gasteiger partial charge in [0.1, 0.15) is 0 Å². The van der Waals surface area contributed by atoms with Gasteiger partial charge in [-0.15, -0.1) is 0 Å². The summed E-state index contributed by atoms with van der Waals surface area (Å²) in [5.41, 5.74) is 1.99. The molecule has 1 aromatic carbocycles. The van der Waals surface area contributed by atoms with E-state index in [1.54, 1.807) is 25.1 Å². The molecular formula is C14H16O3. The van der Waals surface area contributed by atoms with E-state index in [9.17, 15) is 9.59 Å². The van der Waals surface area contributed by atoms with Crippen LogP contribution in [0.1, 0.15) is 36.7 Å². The molecule has 0 N–H and O–H groups in total. The quantitative estimate of drug-likeness (QED) is 0.445. The van der Waals surface area contributed by atoms with Gasteiger partial charge in [-0.25, -0.2) is 0 Å². The minimum absolute atomic E-state index is 0.134. The van der Waals surface area contributed by atoms with Crippen molar-refractivity contribution in [3.8, 4) is 0 Å². The van der Waals surface area contributed by atoms with E-state index in [1.165, 1.54) is 6.92 Å². The number of carbonyl (C=O) groups excluding carboxylic acids is 2. The molecule has 0 aliphatic carbocycles. The van der Waals surface area contributed by atoms with E-state index in [2.05, 4.69) is 0 Å². The van der Waals surface area contributed by atoms with Crippen LogP contribution in [0.2, 0.25) is 0 Å². The molecule has 0 aliphatic heterocycles. The second-order valence-corrected chi connectivity index (χ2v) is 3.65. The zero-order valence-corrected chi connectivity index (χ0v) is 10.3. The summed E-state index contributed by atoms with van der Waals surface area (Å²) in [5, 5.41) is 0. The Kier molecular flexibility index (Phi) is 4.64. The first-order valence-electron chi connectivity index (χ1n) is 5.51. The summed E-state index contributed by atoms with van der Waals surface area (Å²) >= 11 is 0. The first-order valence-corrected chi connectivity index (χ1v) is 5.51. The number of rotatable bonds is 5. The van der Waals surface area contributed by atoms with Crippen molar-refractivity contribution in [2.75, 3.05) is 6.61 Å². The van der Waals surface area contributed by atoms with Gasteiger partial charge in [-0.2, -0.15) is 0 Å². The SMILES string of the molecule is CCO/C(C(C)=O)=C(\C)c1ccccc1C=O. The van der Waals surface area contributed by atoms with Gasteiger partial charge in [0.15, 0.2) is 17.8 Å². The summed E-state index contributed by atoms with van der Waals surface area (Å²) in [6.45, 7) is 5.49. The number of benzene rings is 1. The van der Waals surface area contributed by atoms with Gasteiger partial charge < -0.3 is 4.74 Å². The lowest BCUT2D eigenvalue weighted by molar-refractivity contribution is -0.116. The van der Waals surface area contributed by atoms with Gasteiger partial charge >= 0.3 is 0 Å². The average molecular weight is 232 g/mol. The van der Waals surface area contributed by atoms with Crippen LogP contribution in [0.25, 0.3) is 5.57 Å². The molecule has 1 rings (SSSR count). The maximum atomic E-state index is 11.5. The molecule has 0 atom stereocenters. The number of ketones is 1. The highest BCUT2D eigenvalue weighted by Gasteiger charge is 2.13. The maximum Gasteiger partial charge on any atom is 0.194 e. The van der Waals surface area contributed by atoms with Crippen molar-refractivity contribution in [1.29, 1.82) is 0 Å². The summed E-state index contributed by atoms with van der Waals surface area (Å²) in [7, 11) is 0. The Labute approximate surface area is 101 Å². The standard InChI is InChI=1S/C14H16O3/c1-4-17-14(11(3)16)10(2)13-8-6-5-7-12(13)9-15/h5-9H,4H2,1-3H3/b14-10+. The monoisotopic (exact) mass is 232 g/mol. The van der Waals surface area contributed by atoms with Crippen LogP contribution in [0.15, 0.2) is 30.0 Å². The van der Waals surface area contributed by atoms with Gasteiger partial charge in [-0.1, -0.05) is 24.3 Å². The lowest BCUT2D eigenvalue weighted by Crippen LogP contribution is -2.05. The maximum absolute atomic E-state index is 11.5. The Morgan fingerprint density at radius 1 is 1.29 bits per heavy atom. The van der Waals surface area contributed by atoms with Crippen molar-refractivity contribution in [3.63, 3.8) is 0 Å². The van der Waals surface area contributed by atoms with Crippen LogP contribution in [0, 0.1) is 0 Å². The number of aldehydes is 1.